The van der Waals surface area contributed by atoms with E-state index in [9.17, 15) is 0 Å². The summed E-state index contributed by atoms with van der Waals surface area (Å²) in [6.45, 7) is 0. The minimum atomic E-state index is 0.750. The zero-order valence-corrected chi connectivity index (χ0v) is 16.1. The predicted molar refractivity (Wildman–Crippen MR) is 109 cm³/mol. The molecular weight excluding hydrogens is 340 g/mol. The predicted octanol–water partition coefficient (Wildman–Crippen LogP) is 5.15. The van der Waals surface area contributed by atoms with E-state index in [-0.39, 0.29) is 0 Å². The smallest absolute Gasteiger partial charge is 0.130 e. The normalized spacial score (nSPS) is 13.3. The van der Waals surface area contributed by atoms with Gasteiger partial charge in [-0.1, -0.05) is 18.2 Å². The average molecular weight is 364 g/mol. The molecule has 4 heteroatoms. The Hall–Kier alpha value is -3.14. The molecule has 0 bridgehead atoms. The molecule has 0 saturated heterocycles. The van der Waals surface area contributed by atoms with Crippen molar-refractivity contribution < 1.29 is 18.9 Å². The molecule has 0 fully saturated rings. The highest BCUT2D eigenvalue weighted by Crippen LogP contribution is 2.38. The summed E-state index contributed by atoms with van der Waals surface area (Å²) in [5, 5.41) is 0. The highest BCUT2D eigenvalue weighted by molar-refractivity contribution is 5.94. The van der Waals surface area contributed by atoms with Gasteiger partial charge in [0.15, 0.2) is 0 Å². The molecule has 0 N–H and O–H groups in total. The lowest BCUT2D eigenvalue weighted by molar-refractivity contribution is 0.393. The second-order valence-electron chi connectivity index (χ2n) is 6.09. The molecule has 0 unspecified atom stereocenters. The van der Waals surface area contributed by atoms with Gasteiger partial charge in [-0.05, 0) is 53.5 Å². The highest BCUT2D eigenvalue weighted by Gasteiger charge is 2.15. The van der Waals surface area contributed by atoms with Crippen molar-refractivity contribution in [1.29, 1.82) is 0 Å². The monoisotopic (exact) mass is 364 g/mol. The van der Waals surface area contributed by atoms with Crippen LogP contribution in [0, 0.1) is 0 Å². The number of ether oxygens (including phenoxy) is 4. The molecule has 0 aliphatic heterocycles. The zero-order valence-electron chi connectivity index (χ0n) is 16.1. The standard InChI is InChI=1S/C23H24O4/c1-24-18-9-10-21(23(15-18)27-4)22(17-7-5-6-8-17)13-16-11-19(25-2)14-20(12-16)26-3/h5-7,9-15H,8H2,1-4H3/b22-13+. The van der Waals surface area contributed by atoms with Crippen molar-refractivity contribution in [3.05, 3.63) is 71.3 Å². The summed E-state index contributed by atoms with van der Waals surface area (Å²) in [6.07, 6.45) is 9.36. The Morgan fingerprint density at radius 3 is 2.07 bits per heavy atom. The number of rotatable bonds is 7. The Kier molecular flexibility index (Phi) is 5.87. The van der Waals surface area contributed by atoms with Crippen molar-refractivity contribution in [1.82, 2.24) is 0 Å². The SMILES string of the molecule is COc1cc(/C=C(\C2=CC=CC2)c2ccc(OC)cc2OC)cc(OC)c1. The zero-order chi connectivity index (χ0) is 19.2. The van der Waals surface area contributed by atoms with Crippen LogP contribution in [0.25, 0.3) is 11.6 Å². The van der Waals surface area contributed by atoms with Gasteiger partial charge in [0.1, 0.15) is 23.0 Å². The first-order valence-corrected chi connectivity index (χ1v) is 8.71. The van der Waals surface area contributed by atoms with Gasteiger partial charge in [-0.3, -0.25) is 0 Å². The van der Waals surface area contributed by atoms with E-state index >= 15 is 0 Å². The van der Waals surface area contributed by atoms with Crippen molar-refractivity contribution in [2.45, 2.75) is 6.42 Å². The van der Waals surface area contributed by atoms with Gasteiger partial charge in [0.25, 0.3) is 0 Å². The molecular formula is C23H24O4. The third kappa shape index (κ3) is 4.17. The Bertz CT molecular complexity index is 884. The lowest BCUT2D eigenvalue weighted by Gasteiger charge is -2.15. The van der Waals surface area contributed by atoms with Crippen molar-refractivity contribution >= 4 is 11.6 Å². The van der Waals surface area contributed by atoms with Crippen LogP contribution in [-0.2, 0) is 0 Å². The molecule has 1 aliphatic rings. The van der Waals surface area contributed by atoms with Crippen molar-refractivity contribution in [2.75, 3.05) is 28.4 Å². The van der Waals surface area contributed by atoms with Crippen LogP contribution in [-0.4, -0.2) is 28.4 Å². The molecule has 27 heavy (non-hydrogen) atoms. The maximum absolute atomic E-state index is 5.64. The van der Waals surface area contributed by atoms with Crippen LogP contribution in [0.4, 0.5) is 0 Å². The second-order valence-corrected chi connectivity index (χ2v) is 6.09. The Morgan fingerprint density at radius 1 is 0.815 bits per heavy atom. The number of allylic oxidation sites excluding steroid dienone is 5. The largest absolute Gasteiger partial charge is 0.497 e. The van der Waals surface area contributed by atoms with E-state index in [1.807, 2.05) is 36.4 Å². The minimum Gasteiger partial charge on any atom is -0.497 e. The highest BCUT2D eigenvalue weighted by atomic mass is 16.5. The molecule has 0 aromatic heterocycles. The first kappa shape index (κ1) is 18.6. The quantitative estimate of drug-likeness (QED) is 0.637. The van der Waals surface area contributed by atoms with Gasteiger partial charge in [-0.15, -0.1) is 0 Å². The molecule has 0 saturated carbocycles. The fourth-order valence-corrected chi connectivity index (χ4v) is 3.09. The third-order valence-corrected chi connectivity index (χ3v) is 4.50. The molecule has 4 nitrogen and oxygen atoms in total. The van der Waals surface area contributed by atoms with E-state index in [0.29, 0.717) is 0 Å². The van der Waals surface area contributed by atoms with Crippen LogP contribution in [0.5, 0.6) is 23.0 Å². The van der Waals surface area contributed by atoms with Crippen molar-refractivity contribution in [3.63, 3.8) is 0 Å². The van der Waals surface area contributed by atoms with E-state index in [1.54, 1.807) is 28.4 Å². The Labute approximate surface area is 160 Å². The molecule has 0 radical (unpaired) electrons. The molecule has 0 amide bonds. The third-order valence-electron chi connectivity index (χ3n) is 4.50. The van der Waals surface area contributed by atoms with Gasteiger partial charge in [0, 0.05) is 17.7 Å². The fourth-order valence-electron chi connectivity index (χ4n) is 3.09. The molecule has 2 aromatic rings. The fraction of sp³-hybridized carbons (Fsp3) is 0.217. The topological polar surface area (TPSA) is 36.9 Å². The van der Waals surface area contributed by atoms with Gasteiger partial charge in [0.05, 0.1) is 28.4 Å². The van der Waals surface area contributed by atoms with Crippen LogP contribution in [0.3, 0.4) is 0 Å². The lowest BCUT2D eigenvalue weighted by atomic mass is 9.94. The molecule has 1 aliphatic carbocycles. The summed E-state index contributed by atoms with van der Waals surface area (Å²) in [5.74, 6) is 3.03. The van der Waals surface area contributed by atoms with Gasteiger partial charge in [-0.25, -0.2) is 0 Å². The Balaban J connectivity index is 2.15. The molecule has 2 aromatic carbocycles. The molecule has 0 heterocycles. The summed E-state index contributed by atoms with van der Waals surface area (Å²) < 4.78 is 21.8. The maximum atomic E-state index is 5.64. The van der Waals surface area contributed by atoms with Crippen molar-refractivity contribution in [3.8, 4) is 23.0 Å². The number of benzene rings is 2. The summed E-state index contributed by atoms with van der Waals surface area (Å²) in [4.78, 5) is 0. The van der Waals surface area contributed by atoms with E-state index < -0.39 is 0 Å². The van der Waals surface area contributed by atoms with E-state index in [4.69, 9.17) is 18.9 Å². The van der Waals surface area contributed by atoms with Crippen LogP contribution < -0.4 is 18.9 Å². The van der Waals surface area contributed by atoms with E-state index in [1.165, 1.54) is 5.57 Å². The summed E-state index contributed by atoms with van der Waals surface area (Å²) in [5.41, 5.74) is 4.32. The van der Waals surface area contributed by atoms with Crippen molar-refractivity contribution in [2.24, 2.45) is 0 Å². The molecule has 3 rings (SSSR count). The first-order chi connectivity index (χ1) is 13.2. The molecule has 0 atom stereocenters. The number of hydrogen-bond donors (Lipinski definition) is 0. The maximum Gasteiger partial charge on any atom is 0.130 e. The summed E-state index contributed by atoms with van der Waals surface area (Å²) >= 11 is 0. The number of methoxy groups -OCH3 is 4. The lowest BCUT2D eigenvalue weighted by Crippen LogP contribution is -1.96. The summed E-state index contributed by atoms with van der Waals surface area (Å²) in [7, 11) is 6.63. The second kappa shape index (κ2) is 8.49. The van der Waals surface area contributed by atoms with E-state index in [2.05, 4.69) is 24.3 Å². The van der Waals surface area contributed by atoms with E-state index in [0.717, 1.165) is 46.1 Å². The minimum absolute atomic E-state index is 0.750. The van der Waals surface area contributed by atoms with Gasteiger partial charge in [-0.2, -0.15) is 0 Å². The van der Waals surface area contributed by atoms with Crippen LogP contribution in [0.15, 0.2) is 60.2 Å². The van der Waals surface area contributed by atoms with Gasteiger partial charge < -0.3 is 18.9 Å². The van der Waals surface area contributed by atoms with Crippen LogP contribution >= 0.6 is 0 Å². The first-order valence-electron chi connectivity index (χ1n) is 8.71. The molecule has 140 valence electrons. The molecule has 0 spiro atoms. The summed E-state index contributed by atoms with van der Waals surface area (Å²) in [6, 6.07) is 11.7. The van der Waals surface area contributed by atoms with Gasteiger partial charge in [0.2, 0.25) is 0 Å². The van der Waals surface area contributed by atoms with Crippen LogP contribution in [0.1, 0.15) is 17.5 Å². The number of hydrogen-bond acceptors (Lipinski definition) is 4. The van der Waals surface area contributed by atoms with Crippen LogP contribution in [0.2, 0.25) is 0 Å². The van der Waals surface area contributed by atoms with Gasteiger partial charge >= 0.3 is 0 Å². The Morgan fingerprint density at radius 2 is 1.52 bits per heavy atom. The average Bonchev–Trinajstić information content (AvgIpc) is 3.25.